The Labute approximate surface area is 346 Å². The summed E-state index contributed by atoms with van der Waals surface area (Å²) >= 11 is 0. The fourth-order valence-electron chi connectivity index (χ4n) is 9.55. The number of carbonyl (C=O) groups excluding carboxylic acids is 3. The maximum atomic E-state index is 14.2. The van der Waals surface area contributed by atoms with E-state index in [1.54, 1.807) is 30.3 Å². The standard InChI is InChI=1S/C46H71N3O9/c1-24(2)36-18-31(19-37(25(3)4)47(36)53)44(50)56-34-14-15-35-30(17-34)13-16-42(57-45(51)32-20-38(26(5)6)48(54)39(21-32)27(7)8)43(35)58-46(52)33-22-40(28(9)10)49(55)41(23-33)29(11)12/h13-17,24-29,31-33,36-41,53-55H,18-23H2,1-12H3. The van der Waals surface area contributed by atoms with E-state index in [1.165, 1.54) is 15.2 Å². The van der Waals surface area contributed by atoms with Crippen molar-refractivity contribution < 1.29 is 44.2 Å². The number of hydrogen-bond donors (Lipinski definition) is 3. The predicted molar refractivity (Wildman–Crippen MR) is 222 cm³/mol. The second kappa shape index (κ2) is 19.1. The van der Waals surface area contributed by atoms with Crippen molar-refractivity contribution in [2.24, 2.45) is 53.3 Å². The molecule has 0 amide bonds. The molecule has 3 aliphatic rings. The quantitative estimate of drug-likeness (QED) is 0.139. The summed E-state index contributed by atoms with van der Waals surface area (Å²) in [5.74, 6) is -1.43. The molecule has 0 spiro atoms. The first-order valence-corrected chi connectivity index (χ1v) is 21.8. The van der Waals surface area contributed by atoms with Crippen LogP contribution in [0.1, 0.15) is 122 Å². The lowest BCUT2D eigenvalue weighted by molar-refractivity contribution is -0.209. The lowest BCUT2D eigenvalue weighted by Gasteiger charge is -2.44. The molecule has 0 saturated carbocycles. The molecule has 6 atom stereocenters. The highest BCUT2D eigenvalue weighted by Crippen LogP contribution is 2.42. The number of ether oxygens (including phenoxy) is 3. The van der Waals surface area contributed by atoms with Crippen molar-refractivity contribution in [1.82, 2.24) is 15.2 Å². The zero-order valence-electron chi connectivity index (χ0n) is 36.9. The second-order valence-electron chi connectivity index (χ2n) is 19.6. The number of hydrogen-bond acceptors (Lipinski definition) is 12. The first-order valence-electron chi connectivity index (χ1n) is 21.8. The molecule has 2 aromatic rings. The zero-order chi connectivity index (χ0) is 42.9. The van der Waals surface area contributed by atoms with E-state index in [-0.39, 0.29) is 89.2 Å². The van der Waals surface area contributed by atoms with Gasteiger partial charge in [0.25, 0.3) is 0 Å². The lowest BCUT2D eigenvalue weighted by atomic mass is 9.80. The van der Waals surface area contributed by atoms with Crippen molar-refractivity contribution in [2.45, 2.75) is 158 Å². The van der Waals surface area contributed by atoms with E-state index in [4.69, 9.17) is 14.2 Å². The highest BCUT2D eigenvalue weighted by molar-refractivity contribution is 5.95. The number of benzene rings is 2. The van der Waals surface area contributed by atoms with Crippen LogP contribution in [0.5, 0.6) is 17.2 Å². The van der Waals surface area contributed by atoms with Crippen LogP contribution in [0.25, 0.3) is 10.8 Å². The van der Waals surface area contributed by atoms with Gasteiger partial charge in [-0.2, -0.15) is 15.2 Å². The van der Waals surface area contributed by atoms with Crippen LogP contribution in [-0.4, -0.2) is 85.0 Å². The Bertz CT molecular complexity index is 1690. The van der Waals surface area contributed by atoms with Gasteiger partial charge in [-0.25, -0.2) is 0 Å². The SMILES string of the molecule is CC(C)C1CC(C(=O)Oc2ccc3c(OC(=O)C4CC(C(C)C)N(O)C(C(C)C)C4)c(OC(=O)C4CC(C(C)C)N(O)C(C(C)C)C4)ccc3c2)CC(C(C)C)N1O. The average Bonchev–Trinajstić information content (AvgIpc) is 3.14. The van der Waals surface area contributed by atoms with Gasteiger partial charge in [-0.3, -0.25) is 14.4 Å². The third-order valence-corrected chi connectivity index (χ3v) is 13.3. The molecule has 0 aromatic heterocycles. The summed E-state index contributed by atoms with van der Waals surface area (Å²) in [7, 11) is 0. The Morgan fingerprint density at radius 3 is 1.16 bits per heavy atom. The minimum Gasteiger partial charge on any atom is -0.426 e. The topological polar surface area (TPSA) is 149 Å². The van der Waals surface area contributed by atoms with Crippen LogP contribution in [0, 0.1) is 53.3 Å². The number of piperidine rings is 3. The van der Waals surface area contributed by atoms with Gasteiger partial charge in [-0.1, -0.05) is 89.2 Å². The molecule has 3 fully saturated rings. The molecule has 0 radical (unpaired) electrons. The molecule has 5 rings (SSSR count). The van der Waals surface area contributed by atoms with Crippen LogP contribution in [0.2, 0.25) is 0 Å². The van der Waals surface area contributed by atoms with Gasteiger partial charge in [0.1, 0.15) is 5.75 Å². The Kier molecular flexibility index (Phi) is 15.1. The first-order chi connectivity index (χ1) is 27.2. The van der Waals surface area contributed by atoms with E-state index < -0.39 is 29.7 Å². The Morgan fingerprint density at radius 2 is 0.810 bits per heavy atom. The third kappa shape index (κ3) is 10.1. The van der Waals surface area contributed by atoms with Crippen molar-refractivity contribution in [1.29, 1.82) is 0 Å². The third-order valence-electron chi connectivity index (χ3n) is 13.3. The summed E-state index contributed by atoms with van der Waals surface area (Å²) in [5.41, 5.74) is 0. The minimum absolute atomic E-state index is 0.0930. The second-order valence-corrected chi connectivity index (χ2v) is 19.6. The summed E-state index contributed by atoms with van der Waals surface area (Å²) in [4.78, 5) is 42.0. The number of hydroxylamine groups is 6. The van der Waals surface area contributed by atoms with Crippen LogP contribution >= 0.6 is 0 Å². The molecule has 0 bridgehead atoms. The summed E-state index contributed by atoms with van der Waals surface area (Å²) in [5, 5.41) is 38.5. The van der Waals surface area contributed by atoms with Crippen molar-refractivity contribution in [2.75, 3.05) is 0 Å². The van der Waals surface area contributed by atoms with Gasteiger partial charge in [0.2, 0.25) is 0 Å². The number of nitrogens with zero attached hydrogens (tertiary/aromatic N) is 3. The van der Waals surface area contributed by atoms with Crippen molar-refractivity contribution in [3.05, 3.63) is 30.3 Å². The number of carbonyl (C=O) groups is 3. The fourth-order valence-corrected chi connectivity index (χ4v) is 9.55. The van der Waals surface area contributed by atoms with Crippen LogP contribution in [-0.2, 0) is 14.4 Å². The molecule has 6 unspecified atom stereocenters. The molecule has 12 nitrogen and oxygen atoms in total. The number of esters is 3. The van der Waals surface area contributed by atoms with Gasteiger partial charge < -0.3 is 29.8 Å². The molecule has 3 aliphatic heterocycles. The Hall–Kier alpha value is -3.13. The smallest absolute Gasteiger partial charge is 0.314 e. The van der Waals surface area contributed by atoms with Gasteiger partial charge in [0.15, 0.2) is 11.5 Å². The molecule has 12 heteroatoms. The molecular weight excluding hydrogens is 739 g/mol. The largest absolute Gasteiger partial charge is 0.426 e. The molecule has 3 heterocycles. The predicted octanol–water partition coefficient (Wildman–Crippen LogP) is 9.01. The lowest BCUT2D eigenvalue weighted by Crippen LogP contribution is -2.53. The highest BCUT2D eigenvalue weighted by atomic mass is 16.6. The van der Waals surface area contributed by atoms with E-state index in [2.05, 4.69) is 0 Å². The molecular formula is C46H71N3O9. The van der Waals surface area contributed by atoms with E-state index in [1.807, 2.05) is 83.1 Å². The molecule has 2 aromatic carbocycles. The van der Waals surface area contributed by atoms with Gasteiger partial charge in [0, 0.05) is 41.6 Å². The summed E-state index contributed by atoms with van der Waals surface area (Å²) in [6.45, 7) is 24.4. The Balaban J connectivity index is 1.47. The van der Waals surface area contributed by atoms with Crippen molar-refractivity contribution in [3.8, 4) is 17.2 Å². The van der Waals surface area contributed by atoms with Gasteiger partial charge in [-0.15, -0.1) is 0 Å². The van der Waals surface area contributed by atoms with Crippen LogP contribution < -0.4 is 14.2 Å². The highest BCUT2D eigenvalue weighted by Gasteiger charge is 2.44. The number of rotatable bonds is 12. The van der Waals surface area contributed by atoms with Gasteiger partial charge in [0.05, 0.1) is 17.8 Å². The monoisotopic (exact) mass is 810 g/mol. The molecule has 58 heavy (non-hydrogen) atoms. The van der Waals surface area contributed by atoms with Gasteiger partial charge >= 0.3 is 17.9 Å². The molecule has 3 saturated heterocycles. The van der Waals surface area contributed by atoms with Crippen LogP contribution in [0.3, 0.4) is 0 Å². The fraction of sp³-hybridized carbons (Fsp3) is 0.717. The van der Waals surface area contributed by atoms with E-state index in [0.29, 0.717) is 55.0 Å². The maximum absolute atomic E-state index is 14.2. The number of fused-ring (bicyclic) bond motifs is 1. The van der Waals surface area contributed by atoms with Gasteiger partial charge in [-0.05, 0) is 104 Å². The first kappa shape index (κ1) is 45.9. The normalized spacial score (nSPS) is 29.3. The summed E-state index contributed by atoms with van der Waals surface area (Å²) < 4.78 is 18.5. The van der Waals surface area contributed by atoms with E-state index >= 15 is 0 Å². The zero-order valence-corrected chi connectivity index (χ0v) is 36.9. The van der Waals surface area contributed by atoms with Crippen molar-refractivity contribution in [3.63, 3.8) is 0 Å². The molecule has 3 N–H and O–H groups in total. The summed E-state index contributed by atoms with van der Waals surface area (Å²) in [6.07, 6.45) is 2.63. The van der Waals surface area contributed by atoms with E-state index in [0.717, 1.165) is 0 Å². The van der Waals surface area contributed by atoms with Crippen LogP contribution in [0.4, 0.5) is 0 Å². The Morgan fingerprint density at radius 1 is 0.483 bits per heavy atom. The molecule has 0 aliphatic carbocycles. The van der Waals surface area contributed by atoms with Crippen LogP contribution in [0.15, 0.2) is 30.3 Å². The minimum atomic E-state index is -0.510. The average molecular weight is 810 g/mol. The molecule has 324 valence electrons. The van der Waals surface area contributed by atoms with Crippen molar-refractivity contribution >= 4 is 28.7 Å². The van der Waals surface area contributed by atoms with E-state index in [9.17, 15) is 30.0 Å². The summed E-state index contributed by atoms with van der Waals surface area (Å²) in [6, 6.07) is 7.22. The maximum Gasteiger partial charge on any atom is 0.314 e.